The van der Waals surface area contributed by atoms with E-state index in [0.29, 0.717) is 29.4 Å². The first kappa shape index (κ1) is 16.9. The number of anilines is 1. The molecule has 1 aliphatic heterocycles. The lowest BCUT2D eigenvalue weighted by molar-refractivity contribution is -0.117. The quantitative estimate of drug-likeness (QED) is 0.711. The van der Waals surface area contributed by atoms with Crippen LogP contribution in [0.1, 0.15) is 29.3 Å². The van der Waals surface area contributed by atoms with Gasteiger partial charge in [0.1, 0.15) is 5.82 Å². The van der Waals surface area contributed by atoms with Crippen LogP contribution in [0.2, 0.25) is 0 Å². The number of amides is 1. The molecule has 0 saturated carbocycles. The van der Waals surface area contributed by atoms with Crippen LogP contribution in [0, 0.1) is 24.1 Å². The zero-order valence-corrected chi connectivity index (χ0v) is 14.5. The Morgan fingerprint density at radius 2 is 2.04 bits per heavy atom. The van der Waals surface area contributed by atoms with Gasteiger partial charge in [-0.25, -0.2) is 4.39 Å². The van der Waals surface area contributed by atoms with Gasteiger partial charge in [-0.05, 0) is 48.9 Å². The summed E-state index contributed by atoms with van der Waals surface area (Å²) in [7, 11) is 0. The molecule has 1 unspecified atom stereocenters. The third-order valence-electron chi connectivity index (χ3n) is 4.59. The van der Waals surface area contributed by atoms with Crippen molar-refractivity contribution >= 4 is 11.6 Å². The molecular weight excluding hydrogens is 347 g/mol. The molecule has 2 aromatic carbocycles. The largest absolute Gasteiger partial charge is 0.334 e. The van der Waals surface area contributed by atoms with Crippen LogP contribution < -0.4 is 4.90 Å². The van der Waals surface area contributed by atoms with E-state index in [-0.39, 0.29) is 23.9 Å². The summed E-state index contributed by atoms with van der Waals surface area (Å²) in [5.41, 5.74) is 2.29. The van der Waals surface area contributed by atoms with E-state index >= 15 is 0 Å². The van der Waals surface area contributed by atoms with Crippen molar-refractivity contribution < 1.29 is 13.7 Å². The average Bonchev–Trinajstić information content (AvgIpc) is 3.29. The summed E-state index contributed by atoms with van der Waals surface area (Å²) in [5.74, 6) is -0.128. The van der Waals surface area contributed by atoms with Crippen LogP contribution in [0.15, 0.2) is 47.0 Å². The van der Waals surface area contributed by atoms with Crippen molar-refractivity contribution in [3.05, 3.63) is 65.2 Å². The van der Waals surface area contributed by atoms with Gasteiger partial charge in [0.15, 0.2) is 5.82 Å². The predicted octanol–water partition coefficient (Wildman–Crippen LogP) is 3.58. The lowest BCUT2D eigenvalue weighted by Crippen LogP contribution is -2.25. The Labute approximate surface area is 154 Å². The first-order valence-electron chi connectivity index (χ1n) is 8.46. The topological polar surface area (TPSA) is 83.0 Å². The van der Waals surface area contributed by atoms with Crippen molar-refractivity contribution in [3.63, 3.8) is 0 Å². The van der Waals surface area contributed by atoms with Crippen LogP contribution in [0.25, 0.3) is 11.5 Å². The Bertz CT molecular complexity index is 1050. The second kappa shape index (κ2) is 6.65. The van der Waals surface area contributed by atoms with Gasteiger partial charge in [-0.15, -0.1) is 0 Å². The Balaban J connectivity index is 1.56. The molecule has 4 rings (SSSR count). The Hall–Kier alpha value is -3.53. The minimum absolute atomic E-state index is 0.174. The van der Waals surface area contributed by atoms with E-state index in [4.69, 9.17) is 9.78 Å². The number of carbonyl (C=O) groups is 1. The van der Waals surface area contributed by atoms with Crippen molar-refractivity contribution in [1.82, 2.24) is 10.1 Å². The highest BCUT2D eigenvalue weighted by atomic mass is 19.1. The van der Waals surface area contributed by atoms with E-state index in [0.717, 1.165) is 5.56 Å². The summed E-state index contributed by atoms with van der Waals surface area (Å²) in [6.07, 6.45) is 0.194. The smallest absolute Gasteiger partial charge is 0.257 e. The SMILES string of the molecule is Cc1ccc(N2CC(c3noc(-c4ccc(C#N)cc4)n3)CC2=O)c(F)c1. The van der Waals surface area contributed by atoms with Crippen LogP contribution in [-0.4, -0.2) is 22.6 Å². The molecule has 6 nitrogen and oxygen atoms in total. The number of benzene rings is 2. The van der Waals surface area contributed by atoms with Gasteiger partial charge in [-0.3, -0.25) is 4.79 Å². The maximum Gasteiger partial charge on any atom is 0.257 e. The molecule has 1 aliphatic rings. The second-order valence-corrected chi connectivity index (χ2v) is 6.51. The summed E-state index contributed by atoms with van der Waals surface area (Å²) < 4.78 is 19.5. The van der Waals surface area contributed by atoms with E-state index in [9.17, 15) is 9.18 Å². The molecule has 134 valence electrons. The molecule has 0 spiro atoms. The zero-order chi connectivity index (χ0) is 19.0. The number of halogens is 1. The molecule has 0 N–H and O–H groups in total. The first-order chi connectivity index (χ1) is 13.0. The molecule has 0 aliphatic carbocycles. The molecule has 1 atom stereocenters. The van der Waals surface area contributed by atoms with Crippen molar-refractivity contribution in [2.75, 3.05) is 11.4 Å². The molecule has 2 heterocycles. The molecule has 0 radical (unpaired) electrons. The molecule has 1 amide bonds. The monoisotopic (exact) mass is 362 g/mol. The predicted molar refractivity (Wildman–Crippen MR) is 95.3 cm³/mol. The van der Waals surface area contributed by atoms with Crippen LogP contribution in [0.5, 0.6) is 0 Å². The summed E-state index contributed by atoms with van der Waals surface area (Å²) in [6, 6.07) is 13.6. The highest BCUT2D eigenvalue weighted by Crippen LogP contribution is 2.33. The molecule has 1 aromatic heterocycles. The van der Waals surface area contributed by atoms with Gasteiger partial charge >= 0.3 is 0 Å². The Morgan fingerprint density at radius 3 is 2.74 bits per heavy atom. The molecule has 7 heteroatoms. The lowest BCUT2D eigenvalue weighted by Gasteiger charge is -2.17. The Kier molecular flexibility index (Phi) is 4.16. The van der Waals surface area contributed by atoms with Gasteiger partial charge in [0.2, 0.25) is 5.91 Å². The summed E-state index contributed by atoms with van der Waals surface area (Å²) in [6.45, 7) is 2.09. The fourth-order valence-electron chi connectivity index (χ4n) is 3.15. The number of rotatable bonds is 3. The normalized spacial score (nSPS) is 16.6. The second-order valence-electron chi connectivity index (χ2n) is 6.51. The van der Waals surface area contributed by atoms with E-state index < -0.39 is 5.82 Å². The highest BCUT2D eigenvalue weighted by molar-refractivity contribution is 5.96. The summed E-state index contributed by atoms with van der Waals surface area (Å²) >= 11 is 0. The molecular formula is C20H15FN4O2. The van der Waals surface area contributed by atoms with Gasteiger partial charge < -0.3 is 9.42 Å². The van der Waals surface area contributed by atoms with E-state index in [1.165, 1.54) is 11.0 Å². The highest BCUT2D eigenvalue weighted by Gasteiger charge is 2.35. The van der Waals surface area contributed by atoms with E-state index in [2.05, 4.69) is 10.1 Å². The van der Waals surface area contributed by atoms with E-state index in [1.807, 2.05) is 6.07 Å². The maximum absolute atomic E-state index is 14.2. The molecule has 0 bridgehead atoms. The third-order valence-corrected chi connectivity index (χ3v) is 4.59. The summed E-state index contributed by atoms with van der Waals surface area (Å²) in [4.78, 5) is 18.2. The molecule has 1 fully saturated rings. The standard InChI is InChI=1S/C20H15FN4O2/c1-12-2-7-17(16(21)8-12)25-11-15(9-18(25)26)19-23-20(27-24-19)14-5-3-13(10-22)4-6-14/h2-8,15H,9,11H2,1H3. The van der Waals surface area contributed by atoms with Crippen LogP contribution in [0.4, 0.5) is 10.1 Å². The van der Waals surface area contributed by atoms with Gasteiger partial charge in [0.05, 0.1) is 17.3 Å². The van der Waals surface area contributed by atoms with Crippen molar-refractivity contribution in [2.24, 2.45) is 0 Å². The molecule has 1 saturated heterocycles. The van der Waals surface area contributed by atoms with Crippen molar-refractivity contribution in [2.45, 2.75) is 19.3 Å². The number of carbonyl (C=O) groups excluding carboxylic acids is 1. The van der Waals surface area contributed by atoms with Crippen LogP contribution in [0.3, 0.4) is 0 Å². The van der Waals surface area contributed by atoms with Crippen LogP contribution >= 0.6 is 0 Å². The van der Waals surface area contributed by atoms with Gasteiger partial charge in [-0.2, -0.15) is 10.2 Å². The summed E-state index contributed by atoms with van der Waals surface area (Å²) in [5, 5.41) is 12.9. The minimum atomic E-state index is -0.421. The van der Waals surface area contributed by atoms with Gasteiger partial charge in [0, 0.05) is 24.4 Å². The number of aryl methyl sites for hydroxylation is 1. The minimum Gasteiger partial charge on any atom is -0.334 e. The number of aromatic nitrogens is 2. The average molecular weight is 362 g/mol. The van der Waals surface area contributed by atoms with Crippen molar-refractivity contribution in [1.29, 1.82) is 5.26 Å². The van der Waals surface area contributed by atoms with Gasteiger partial charge in [-0.1, -0.05) is 11.2 Å². The Morgan fingerprint density at radius 1 is 1.26 bits per heavy atom. The van der Waals surface area contributed by atoms with Gasteiger partial charge in [0.25, 0.3) is 5.89 Å². The number of hydrogen-bond donors (Lipinski definition) is 0. The number of hydrogen-bond acceptors (Lipinski definition) is 5. The van der Waals surface area contributed by atoms with E-state index in [1.54, 1.807) is 43.3 Å². The number of nitriles is 1. The molecule has 3 aromatic rings. The fourth-order valence-corrected chi connectivity index (χ4v) is 3.15. The first-order valence-corrected chi connectivity index (χ1v) is 8.46. The zero-order valence-electron chi connectivity index (χ0n) is 14.5. The lowest BCUT2D eigenvalue weighted by atomic mass is 10.1. The van der Waals surface area contributed by atoms with Crippen LogP contribution in [-0.2, 0) is 4.79 Å². The van der Waals surface area contributed by atoms with Crippen molar-refractivity contribution in [3.8, 4) is 17.5 Å². The third kappa shape index (κ3) is 3.17. The fraction of sp³-hybridized carbons (Fsp3) is 0.200. The number of nitrogens with zero attached hydrogens (tertiary/aromatic N) is 4. The maximum atomic E-state index is 14.2. The molecule has 27 heavy (non-hydrogen) atoms.